The fraction of sp³-hybridized carbons (Fsp3) is 0.500. The Labute approximate surface area is 102 Å². The topological polar surface area (TPSA) is 38.3 Å². The number of nitrogens with one attached hydrogen (secondary N) is 1. The van der Waals surface area contributed by atoms with Crippen LogP contribution in [0, 0.1) is 12.8 Å². The molecule has 1 aromatic rings. The number of aryl methyl sites for hydroxylation is 1. The monoisotopic (exact) mass is 233 g/mol. The van der Waals surface area contributed by atoms with E-state index in [1.165, 1.54) is 24.8 Å². The van der Waals surface area contributed by atoms with Crippen LogP contribution < -0.4 is 10.1 Å². The molecule has 0 atom stereocenters. The first-order valence-corrected chi connectivity index (χ1v) is 6.20. The smallest absolute Gasteiger partial charge is 0.257 e. The van der Waals surface area contributed by atoms with Crippen LogP contribution in [0.25, 0.3) is 0 Å². The van der Waals surface area contributed by atoms with Crippen LogP contribution in [0.15, 0.2) is 24.3 Å². The number of carbonyl (C=O) groups is 1. The van der Waals surface area contributed by atoms with Gasteiger partial charge >= 0.3 is 0 Å². The molecule has 0 bridgehead atoms. The first kappa shape index (κ1) is 12.0. The van der Waals surface area contributed by atoms with Crippen LogP contribution in [0.1, 0.15) is 24.8 Å². The molecule has 0 heterocycles. The van der Waals surface area contributed by atoms with Crippen LogP contribution in [0.4, 0.5) is 0 Å². The third kappa shape index (κ3) is 3.77. The second-order valence-electron chi connectivity index (χ2n) is 4.70. The zero-order chi connectivity index (χ0) is 12.1. The molecule has 0 radical (unpaired) electrons. The van der Waals surface area contributed by atoms with E-state index < -0.39 is 0 Å². The van der Waals surface area contributed by atoms with Crippen molar-refractivity contribution in [3.05, 3.63) is 29.8 Å². The second-order valence-corrected chi connectivity index (χ2v) is 4.70. The molecular formula is C14H19NO2. The van der Waals surface area contributed by atoms with Gasteiger partial charge in [0.05, 0.1) is 0 Å². The summed E-state index contributed by atoms with van der Waals surface area (Å²) in [4.78, 5) is 11.5. The fourth-order valence-corrected chi connectivity index (χ4v) is 1.79. The highest BCUT2D eigenvalue weighted by Gasteiger charge is 2.17. The lowest BCUT2D eigenvalue weighted by Gasteiger charge is -2.25. The molecular weight excluding hydrogens is 214 g/mol. The molecule has 0 spiro atoms. The van der Waals surface area contributed by atoms with Crippen molar-refractivity contribution in [2.24, 2.45) is 5.92 Å². The number of rotatable bonds is 5. The van der Waals surface area contributed by atoms with Gasteiger partial charge in [0, 0.05) is 6.54 Å². The largest absolute Gasteiger partial charge is 0.484 e. The lowest BCUT2D eigenvalue weighted by atomic mass is 9.85. The van der Waals surface area contributed by atoms with Crippen molar-refractivity contribution in [3.63, 3.8) is 0 Å². The lowest BCUT2D eigenvalue weighted by molar-refractivity contribution is -0.123. The third-order valence-corrected chi connectivity index (χ3v) is 3.20. The molecule has 0 unspecified atom stereocenters. The maximum Gasteiger partial charge on any atom is 0.257 e. The van der Waals surface area contributed by atoms with Crippen LogP contribution in [0.3, 0.4) is 0 Å². The molecule has 0 saturated heterocycles. The quantitative estimate of drug-likeness (QED) is 0.847. The number of hydrogen-bond donors (Lipinski definition) is 1. The van der Waals surface area contributed by atoms with E-state index in [0.29, 0.717) is 5.92 Å². The number of hydrogen-bond acceptors (Lipinski definition) is 2. The van der Waals surface area contributed by atoms with E-state index in [2.05, 4.69) is 5.32 Å². The maximum absolute atomic E-state index is 11.5. The standard InChI is InChI=1S/C14H19NO2/c1-11-5-7-13(8-6-11)17-10-14(16)15-9-12-3-2-4-12/h5-8,12H,2-4,9-10H2,1H3,(H,15,16). The summed E-state index contributed by atoms with van der Waals surface area (Å²) in [6.45, 7) is 2.93. The number of carbonyl (C=O) groups excluding carboxylic acids is 1. The number of ether oxygens (including phenoxy) is 1. The highest BCUT2D eigenvalue weighted by Crippen LogP contribution is 2.25. The average Bonchev–Trinajstić information content (AvgIpc) is 2.26. The van der Waals surface area contributed by atoms with Gasteiger partial charge in [-0.3, -0.25) is 4.79 Å². The van der Waals surface area contributed by atoms with Gasteiger partial charge in [0.15, 0.2) is 6.61 Å². The fourth-order valence-electron chi connectivity index (χ4n) is 1.79. The van der Waals surface area contributed by atoms with Gasteiger partial charge in [-0.05, 0) is 37.8 Å². The summed E-state index contributed by atoms with van der Waals surface area (Å²) in [5.74, 6) is 1.41. The Morgan fingerprint density at radius 2 is 2.06 bits per heavy atom. The van der Waals surface area contributed by atoms with Crippen LogP contribution in [-0.4, -0.2) is 19.1 Å². The van der Waals surface area contributed by atoms with E-state index in [-0.39, 0.29) is 12.5 Å². The summed E-state index contributed by atoms with van der Waals surface area (Å²) in [6.07, 6.45) is 3.80. The van der Waals surface area contributed by atoms with Crippen molar-refractivity contribution < 1.29 is 9.53 Å². The third-order valence-electron chi connectivity index (χ3n) is 3.20. The molecule has 2 rings (SSSR count). The predicted molar refractivity (Wildman–Crippen MR) is 67.0 cm³/mol. The molecule has 1 aromatic carbocycles. The van der Waals surface area contributed by atoms with Crippen LogP contribution in [0.5, 0.6) is 5.75 Å². The predicted octanol–water partition coefficient (Wildman–Crippen LogP) is 2.29. The molecule has 17 heavy (non-hydrogen) atoms. The lowest BCUT2D eigenvalue weighted by Crippen LogP contribution is -2.35. The highest BCUT2D eigenvalue weighted by atomic mass is 16.5. The summed E-state index contributed by atoms with van der Waals surface area (Å²) >= 11 is 0. The molecule has 1 aliphatic rings. The Kier molecular flexibility index (Phi) is 4.02. The number of benzene rings is 1. The SMILES string of the molecule is Cc1ccc(OCC(=O)NCC2CCC2)cc1. The van der Waals surface area contributed by atoms with Gasteiger partial charge in [0.25, 0.3) is 5.91 Å². The van der Waals surface area contributed by atoms with Gasteiger partial charge in [-0.15, -0.1) is 0 Å². The minimum Gasteiger partial charge on any atom is -0.484 e. The van der Waals surface area contributed by atoms with Crippen molar-refractivity contribution in [1.29, 1.82) is 0 Å². The Balaban J connectivity index is 1.66. The van der Waals surface area contributed by atoms with E-state index in [1.807, 2.05) is 31.2 Å². The molecule has 3 nitrogen and oxygen atoms in total. The summed E-state index contributed by atoms with van der Waals surface area (Å²) in [5, 5.41) is 2.90. The van der Waals surface area contributed by atoms with Gasteiger partial charge < -0.3 is 10.1 Å². The Hall–Kier alpha value is -1.51. The Morgan fingerprint density at radius 1 is 1.35 bits per heavy atom. The molecule has 3 heteroatoms. The van der Waals surface area contributed by atoms with Crippen molar-refractivity contribution in [1.82, 2.24) is 5.32 Å². The van der Waals surface area contributed by atoms with Crippen LogP contribution >= 0.6 is 0 Å². The molecule has 92 valence electrons. The van der Waals surface area contributed by atoms with Gasteiger partial charge in [-0.1, -0.05) is 24.1 Å². The minimum absolute atomic E-state index is 0.0301. The van der Waals surface area contributed by atoms with E-state index in [4.69, 9.17) is 4.74 Å². The molecule has 0 aliphatic heterocycles. The van der Waals surface area contributed by atoms with E-state index in [0.717, 1.165) is 12.3 Å². The van der Waals surface area contributed by atoms with E-state index in [1.54, 1.807) is 0 Å². The van der Waals surface area contributed by atoms with Crippen molar-refractivity contribution in [2.75, 3.05) is 13.2 Å². The molecule has 1 fully saturated rings. The van der Waals surface area contributed by atoms with Gasteiger partial charge in [0.2, 0.25) is 0 Å². The molecule has 1 saturated carbocycles. The first-order valence-electron chi connectivity index (χ1n) is 6.20. The van der Waals surface area contributed by atoms with E-state index >= 15 is 0 Å². The van der Waals surface area contributed by atoms with Crippen LogP contribution in [-0.2, 0) is 4.79 Å². The molecule has 1 aliphatic carbocycles. The maximum atomic E-state index is 11.5. The summed E-state index contributed by atoms with van der Waals surface area (Å²) in [5.41, 5.74) is 1.19. The van der Waals surface area contributed by atoms with Gasteiger partial charge in [0.1, 0.15) is 5.75 Å². The van der Waals surface area contributed by atoms with E-state index in [9.17, 15) is 4.79 Å². The van der Waals surface area contributed by atoms with Gasteiger partial charge in [-0.25, -0.2) is 0 Å². The Bertz CT molecular complexity index is 368. The van der Waals surface area contributed by atoms with Gasteiger partial charge in [-0.2, -0.15) is 0 Å². The summed E-state index contributed by atoms with van der Waals surface area (Å²) in [6, 6.07) is 7.71. The first-order chi connectivity index (χ1) is 8.24. The molecule has 1 amide bonds. The normalized spacial score (nSPS) is 15.1. The molecule has 1 N–H and O–H groups in total. The highest BCUT2D eigenvalue weighted by molar-refractivity contribution is 5.77. The zero-order valence-electron chi connectivity index (χ0n) is 10.2. The number of amides is 1. The Morgan fingerprint density at radius 3 is 2.65 bits per heavy atom. The van der Waals surface area contributed by atoms with Crippen molar-refractivity contribution in [3.8, 4) is 5.75 Å². The van der Waals surface area contributed by atoms with Crippen LogP contribution in [0.2, 0.25) is 0 Å². The zero-order valence-corrected chi connectivity index (χ0v) is 10.2. The summed E-state index contributed by atoms with van der Waals surface area (Å²) in [7, 11) is 0. The minimum atomic E-state index is -0.0301. The second kappa shape index (κ2) is 5.71. The van der Waals surface area contributed by atoms with Crippen molar-refractivity contribution in [2.45, 2.75) is 26.2 Å². The average molecular weight is 233 g/mol. The summed E-state index contributed by atoms with van der Waals surface area (Å²) < 4.78 is 5.39. The van der Waals surface area contributed by atoms with Crippen molar-refractivity contribution >= 4 is 5.91 Å². The molecule has 0 aromatic heterocycles.